The second kappa shape index (κ2) is 34.7. The molecule has 0 bridgehead atoms. The van der Waals surface area contributed by atoms with Gasteiger partial charge < -0.3 is 0 Å². The molecule has 2 nitrogen and oxygen atoms in total. The van der Waals surface area contributed by atoms with E-state index in [1.54, 1.807) is 0 Å². The van der Waals surface area contributed by atoms with E-state index in [1.807, 2.05) is 0 Å². The van der Waals surface area contributed by atoms with Gasteiger partial charge in [0.1, 0.15) is 0 Å². The van der Waals surface area contributed by atoms with Crippen molar-refractivity contribution in [2.24, 2.45) is 9.98 Å². The summed E-state index contributed by atoms with van der Waals surface area (Å²) >= 11 is 0. The molecule has 0 aromatic heterocycles. The molecule has 0 radical (unpaired) electrons. The summed E-state index contributed by atoms with van der Waals surface area (Å²) in [5.41, 5.74) is 10.6. The van der Waals surface area contributed by atoms with E-state index < -0.39 is 0 Å². The number of aliphatic imine (C=N–C) groups is 2. The Kier molecular flexibility index (Phi) is 32.4. The van der Waals surface area contributed by atoms with Gasteiger partial charge in [-0.25, -0.2) is 0 Å². The van der Waals surface area contributed by atoms with Gasteiger partial charge >= 0.3 is 0 Å². The van der Waals surface area contributed by atoms with Crippen molar-refractivity contribution in [1.82, 2.24) is 0 Å². The number of nitrogens with zero attached hydrogens (tertiary/aromatic N) is 2. The average Bonchev–Trinajstić information content (AvgIpc) is 3.17. The van der Waals surface area contributed by atoms with Gasteiger partial charge in [-0.2, -0.15) is 0 Å². The number of hydrogen-bond donors (Lipinski definition) is 0. The van der Waals surface area contributed by atoms with E-state index in [4.69, 9.17) is 9.98 Å². The number of unbranched alkanes of at least 4 members (excludes halogenated alkanes) is 19. The van der Waals surface area contributed by atoms with Gasteiger partial charge in [0.05, 0.1) is 22.8 Å². The summed E-state index contributed by atoms with van der Waals surface area (Å²) in [6, 6.07) is 14.5. The third kappa shape index (κ3) is 24.2. The second-order valence-corrected chi connectivity index (χ2v) is 16.3. The minimum Gasteiger partial charge on any atom is -0.252 e. The Bertz CT molecular complexity index is 1190. The Morgan fingerprint density at radius 1 is 0.315 bits per heavy atom. The smallest absolute Gasteiger partial charge is 0.0639 e. The monoisotopic (exact) mass is 833 g/mol. The van der Waals surface area contributed by atoms with Gasteiger partial charge in [-0.3, -0.25) is 9.98 Å². The molecule has 54 heavy (non-hydrogen) atoms. The van der Waals surface area contributed by atoms with Crippen molar-refractivity contribution in [2.45, 2.75) is 241 Å². The molecule has 0 unspecified atom stereocenters. The van der Waals surface area contributed by atoms with Crippen molar-refractivity contribution >= 4 is 22.8 Å². The molecule has 3 heteroatoms. The van der Waals surface area contributed by atoms with E-state index in [-0.39, 0.29) is 20.4 Å². The standard InChI is InChI=1S/C51H86N2.Pd/c1-7-13-19-20-21-22-23-24-25-26-27-28-29-30-31-37-51(53-49-42-46(34-16-10-4)39-47(43-49)35-17-11-5)50(36-18-12-6)52-48-40-44(32-14-8-2)38-45(41-48)33-15-9-3;/h38-43H,7-37H2,1-6H3;/b52-50+,53-51+;. The van der Waals surface area contributed by atoms with Crippen molar-refractivity contribution in [2.75, 3.05) is 0 Å². The molecule has 2 aromatic rings. The summed E-state index contributed by atoms with van der Waals surface area (Å²) in [6.07, 6.45) is 39.8. The second-order valence-electron chi connectivity index (χ2n) is 16.3. The van der Waals surface area contributed by atoms with Crippen LogP contribution in [0.1, 0.15) is 237 Å². The predicted molar refractivity (Wildman–Crippen MR) is 241 cm³/mol. The molecule has 0 N–H and O–H groups in total. The molecule has 0 fully saturated rings. The SMILES string of the molecule is CCCCCCCCCCCCCCCCCC(=N\c1cc(CCCC)cc(CCCC)c1)/C(CCCC)=N/c1cc(CCCC)cc(CCCC)c1.[Pd]. The van der Waals surface area contributed by atoms with Crippen LogP contribution in [0.4, 0.5) is 11.4 Å². The normalized spacial score (nSPS) is 12.0. The summed E-state index contributed by atoms with van der Waals surface area (Å²) < 4.78 is 0. The molecule has 0 aliphatic rings. The molecule has 0 saturated heterocycles. The maximum atomic E-state index is 5.58. The van der Waals surface area contributed by atoms with Crippen molar-refractivity contribution in [3.63, 3.8) is 0 Å². The van der Waals surface area contributed by atoms with Crippen LogP contribution in [0.25, 0.3) is 0 Å². The van der Waals surface area contributed by atoms with Crippen LogP contribution in [0.2, 0.25) is 0 Å². The molecule has 0 amide bonds. The fourth-order valence-corrected chi connectivity index (χ4v) is 7.57. The zero-order valence-corrected chi connectivity index (χ0v) is 38.1. The van der Waals surface area contributed by atoms with Crippen LogP contribution in [0.15, 0.2) is 46.4 Å². The maximum Gasteiger partial charge on any atom is 0.0639 e. The molecule has 0 aliphatic heterocycles. The summed E-state index contributed by atoms with van der Waals surface area (Å²) in [5.74, 6) is 0. The van der Waals surface area contributed by atoms with Gasteiger partial charge in [-0.15, -0.1) is 0 Å². The topological polar surface area (TPSA) is 24.7 Å². The van der Waals surface area contributed by atoms with Crippen LogP contribution in [0.3, 0.4) is 0 Å². The molecule has 0 heterocycles. The summed E-state index contributed by atoms with van der Waals surface area (Å²) in [7, 11) is 0. The molecule has 0 atom stereocenters. The summed E-state index contributed by atoms with van der Waals surface area (Å²) in [6.45, 7) is 13.8. The van der Waals surface area contributed by atoms with Gasteiger partial charge in [0, 0.05) is 20.4 Å². The van der Waals surface area contributed by atoms with E-state index >= 15 is 0 Å². The number of rotatable bonds is 34. The first-order valence-electron chi connectivity index (χ1n) is 23.5. The minimum absolute atomic E-state index is 0. The largest absolute Gasteiger partial charge is 0.252 e. The first-order valence-corrected chi connectivity index (χ1v) is 23.5. The molecule has 310 valence electrons. The van der Waals surface area contributed by atoms with Crippen molar-refractivity contribution in [3.8, 4) is 0 Å². The third-order valence-electron chi connectivity index (χ3n) is 11.0. The maximum absolute atomic E-state index is 5.58. The van der Waals surface area contributed by atoms with Gasteiger partial charge in [0.25, 0.3) is 0 Å². The van der Waals surface area contributed by atoms with Gasteiger partial charge in [-0.1, -0.05) is 176 Å². The van der Waals surface area contributed by atoms with Gasteiger partial charge in [0.2, 0.25) is 0 Å². The molecule has 0 saturated carbocycles. The van der Waals surface area contributed by atoms with Crippen LogP contribution >= 0.6 is 0 Å². The van der Waals surface area contributed by atoms with Crippen LogP contribution < -0.4 is 0 Å². The summed E-state index contributed by atoms with van der Waals surface area (Å²) in [4.78, 5) is 11.1. The van der Waals surface area contributed by atoms with Crippen molar-refractivity contribution in [3.05, 3.63) is 58.7 Å². The number of hydrogen-bond acceptors (Lipinski definition) is 2. The van der Waals surface area contributed by atoms with Crippen LogP contribution in [-0.4, -0.2) is 11.4 Å². The van der Waals surface area contributed by atoms with Crippen molar-refractivity contribution in [1.29, 1.82) is 0 Å². The Balaban J connectivity index is 0.0000146. The van der Waals surface area contributed by atoms with E-state index in [0.29, 0.717) is 0 Å². The number of benzene rings is 2. The molecular formula is C51H86N2Pd. The zero-order chi connectivity index (χ0) is 38.2. The van der Waals surface area contributed by atoms with Crippen LogP contribution in [-0.2, 0) is 46.1 Å². The number of aryl methyl sites for hydroxylation is 4. The first kappa shape index (κ1) is 50.5. The average molecular weight is 834 g/mol. The van der Waals surface area contributed by atoms with E-state index in [0.717, 1.165) is 56.3 Å². The Morgan fingerprint density at radius 2 is 0.574 bits per heavy atom. The zero-order valence-electron chi connectivity index (χ0n) is 36.6. The molecule has 2 aromatic carbocycles. The Labute approximate surface area is 350 Å². The third-order valence-corrected chi connectivity index (χ3v) is 11.0. The van der Waals surface area contributed by atoms with E-state index in [1.165, 1.54) is 188 Å². The molecule has 2 rings (SSSR count). The Morgan fingerprint density at radius 3 is 0.870 bits per heavy atom. The minimum atomic E-state index is 0. The molecule has 0 spiro atoms. The fraction of sp³-hybridized carbons (Fsp3) is 0.725. The predicted octanol–water partition coefficient (Wildman–Crippen LogP) is 17.4. The summed E-state index contributed by atoms with van der Waals surface area (Å²) in [5, 5.41) is 0. The quantitative estimate of drug-likeness (QED) is 0.0381. The van der Waals surface area contributed by atoms with Gasteiger partial charge in [-0.05, 0) is 124 Å². The van der Waals surface area contributed by atoms with Crippen LogP contribution in [0.5, 0.6) is 0 Å². The van der Waals surface area contributed by atoms with E-state index in [2.05, 4.69) is 77.9 Å². The molecule has 0 aliphatic carbocycles. The molecular weight excluding hydrogens is 747 g/mol. The van der Waals surface area contributed by atoms with Crippen LogP contribution in [0, 0.1) is 0 Å². The first-order chi connectivity index (χ1) is 26.1. The Hall–Kier alpha value is -1.56. The van der Waals surface area contributed by atoms with E-state index in [9.17, 15) is 0 Å². The van der Waals surface area contributed by atoms with Crippen molar-refractivity contribution < 1.29 is 20.4 Å². The van der Waals surface area contributed by atoms with Gasteiger partial charge in [0.15, 0.2) is 0 Å². The fourth-order valence-electron chi connectivity index (χ4n) is 7.57.